The van der Waals surface area contributed by atoms with Gasteiger partial charge in [-0.2, -0.15) is 5.10 Å². The molecule has 0 radical (unpaired) electrons. The van der Waals surface area contributed by atoms with Crippen LogP contribution in [0.3, 0.4) is 0 Å². The van der Waals surface area contributed by atoms with Crippen LogP contribution in [0.2, 0.25) is 0 Å². The van der Waals surface area contributed by atoms with Crippen molar-refractivity contribution in [3.05, 3.63) is 66.7 Å². The molecular formula is C18H19N5O2S. The van der Waals surface area contributed by atoms with Gasteiger partial charge >= 0.3 is 0 Å². The third-order valence-corrected chi connectivity index (χ3v) is 5.84. The van der Waals surface area contributed by atoms with Gasteiger partial charge in [-0.05, 0) is 36.8 Å². The fraction of sp³-hybridized carbons (Fsp3) is 0.222. The lowest BCUT2D eigenvalue weighted by Gasteiger charge is -2.40. The molecule has 3 aromatic rings. The molecule has 1 N–H and O–H groups in total. The maximum absolute atomic E-state index is 12.6. The molecule has 1 aliphatic heterocycles. The first-order valence-corrected chi connectivity index (χ1v) is 9.79. The highest BCUT2D eigenvalue weighted by Crippen LogP contribution is 2.21. The molecule has 0 unspecified atom stereocenters. The van der Waals surface area contributed by atoms with Gasteiger partial charge in [0.2, 0.25) is 10.0 Å². The van der Waals surface area contributed by atoms with Crippen LogP contribution in [0, 0.1) is 6.92 Å². The summed E-state index contributed by atoms with van der Waals surface area (Å²) in [6.07, 6.45) is 6.37. The van der Waals surface area contributed by atoms with Gasteiger partial charge in [0.15, 0.2) is 0 Å². The molecule has 8 heteroatoms. The van der Waals surface area contributed by atoms with Crippen molar-refractivity contribution in [3.8, 4) is 5.69 Å². The van der Waals surface area contributed by atoms with Crippen molar-refractivity contribution in [1.29, 1.82) is 0 Å². The molecule has 0 saturated carbocycles. The normalized spacial score (nSPS) is 15.0. The number of pyridine rings is 1. The minimum Gasteiger partial charge on any atom is -0.368 e. The molecule has 1 aliphatic rings. The smallest absolute Gasteiger partial charge is 0.244 e. The van der Waals surface area contributed by atoms with E-state index in [1.54, 1.807) is 17.1 Å². The first-order chi connectivity index (χ1) is 12.5. The van der Waals surface area contributed by atoms with Crippen molar-refractivity contribution in [1.82, 2.24) is 19.5 Å². The Morgan fingerprint density at radius 2 is 1.88 bits per heavy atom. The van der Waals surface area contributed by atoms with Crippen LogP contribution in [0.25, 0.3) is 5.69 Å². The van der Waals surface area contributed by atoms with Crippen LogP contribution in [-0.4, -0.2) is 42.3 Å². The van der Waals surface area contributed by atoms with Gasteiger partial charge in [-0.25, -0.2) is 17.8 Å². The number of nitrogens with zero attached hydrogens (tertiary/aromatic N) is 4. The third kappa shape index (κ3) is 3.33. The zero-order valence-electron chi connectivity index (χ0n) is 14.3. The summed E-state index contributed by atoms with van der Waals surface area (Å²) in [6, 6.07) is 11.5. The number of rotatable bonds is 5. The molecule has 0 bridgehead atoms. The quantitative estimate of drug-likeness (QED) is 0.741. The number of aryl methyl sites for hydroxylation is 1. The lowest BCUT2D eigenvalue weighted by atomic mass is 10.1. The average molecular weight is 369 g/mol. The van der Waals surface area contributed by atoms with Gasteiger partial charge in [-0.3, -0.25) is 4.98 Å². The number of anilines is 1. The van der Waals surface area contributed by atoms with Crippen LogP contribution in [0.1, 0.15) is 5.56 Å². The fourth-order valence-electron chi connectivity index (χ4n) is 2.96. The molecule has 1 fully saturated rings. The van der Waals surface area contributed by atoms with Crippen molar-refractivity contribution in [2.45, 2.75) is 17.9 Å². The Morgan fingerprint density at radius 1 is 1.12 bits per heavy atom. The molecule has 4 rings (SSSR count). The van der Waals surface area contributed by atoms with Gasteiger partial charge in [0.25, 0.3) is 0 Å². The van der Waals surface area contributed by atoms with E-state index in [2.05, 4.69) is 19.7 Å². The summed E-state index contributed by atoms with van der Waals surface area (Å²) in [5.41, 5.74) is 2.97. The number of nitrogens with one attached hydrogen (secondary N) is 1. The largest absolute Gasteiger partial charge is 0.368 e. The van der Waals surface area contributed by atoms with E-state index >= 15 is 0 Å². The Hall–Kier alpha value is -2.71. The molecule has 2 aromatic heterocycles. The van der Waals surface area contributed by atoms with Crippen LogP contribution in [-0.2, 0) is 10.0 Å². The summed E-state index contributed by atoms with van der Waals surface area (Å²) in [7, 11) is -3.60. The van der Waals surface area contributed by atoms with E-state index in [1.807, 2.05) is 43.3 Å². The van der Waals surface area contributed by atoms with Crippen molar-refractivity contribution in [2.24, 2.45) is 0 Å². The number of aromatic nitrogens is 3. The van der Waals surface area contributed by atoms with Crippen LogP contribution < -0.4 is 9.62 Å². The zero-order valence-corrected chi connectivity index (χ0v) is 15.1. The lowest BCUT2D eigenvalue weighted by molar-refractivity contribution is 0.469. The first kappa shape index (κ1) is 16.7. The van der Waals surface area contributed by atoms with E-state index < -0.39 is 10.0 Å². The highest BCUT2D eigenvalue weighted by atomic mass is 32.2. The highest BCUT2D eigenvalue weighted by molar-refractivity contribution is 7.89. The molecular weight excluding hydrogens is 350 g/mol. The van der Waals surface area contributed by atoms with Crippen molar-refractivity contribution < 1.29 is 8.42 Å². The minimum atomic E-state index is -3.60. The Kier molecular flexibility index (Phi) is 4.21. The van der Waals surface area contributed by atoms with E-state index in [-0.39, 0.29) is 10.9 Å². The number of hydrogen-bond donors (Lipinski definition) is 1. The fourth-order valence-corrected chi connectivity index (χ4v) is 4.11. The predicted octanol–water partition coefficient (Wildman–Crippen LogP) is 1.74. The van der Waals surface area contributed by atoms with Crippen LogP contribution in [0.5, 0.6) is 0 Å². The van der Waals surface area contributed by atoms with Crippen LogP contribution in [0.4, 0.5) is 5.69 Å². The van der Waals surface area contributed by atoms with Gasteiger partial charge in [-0.1, -0.05) is 12.1 Å². The summed E-state index contributed by atoms with van der Waals surface area (Å²) in [6.45, 7) is 3.25. The molecule has 0 amide bonds. The number of hydrogen-bond acceptors (Lipinski definition) is 5. The van der Waals surface area contributed by atoms with Gasteiger partial charge in [0.1, 0.15) is 4.90 Å². The van der Waals surface area contributed by atoms with Gasteiger partial charge in [0.05, 0.1) is 24.1 Å². The Morgan fingerprint density at radius 3 is 2.62 bits per heavy atom. The molecule has 1 saturated heterocycles. The van der Waals surface area contributed by atoms with Gasteiger partial charge < -0.3 is 4.90 Å². The number of benzene rings is 1. The van der Waals surface area contributed by atoms with Gasteiger partial charge in [-0.15, -0.1) is 0 Å². The van der Waals surface area contributed by atoms with Gasteiger partial charge in [0, 0.05) is 31.2 Å². The average Bonchev–Trinajstić information content (AvgIpc) is 3.10. The lowest BCUT2D eigenvalue weighted by Crippen LogP contribution is -2.59. The van der Waals surface area contributed by atoms with Crippen molar-refractivity contribution >= 4 is 15.7 Å². The SMILES string of the molecule is Cc1cccc(-n2cc(S(=O)(=O)NC3CN(c4ccncc4)C3)cn2)c1. The van der Waals surface area contributed by atoms with Crippen molar-refractivity contribution in [3.63, 3.8) is 0 Å². The molecule has 1 aromatic carbocycles. The molecule has 0 spiro atoms. The third-order valence-electron chi connectivity index (χ3n) is 4.37. The number of sulfonamides is 1. The predicted molar refractivity (Wildman–Crippen MR) is 98.9 cm³/mol. The highest BCUT2D eigenvalue weighted by Gasteiger charge is 2.31. The summed E-state index contributed by atoms with van der Waals surface area (Å²) in [5.74, 6) is 0. The topological polar surface area (TPSA) is 80.1 Å². The van der Waals surface area contributed by atoms with E-state index in [0.29, 0.717) is 13.1 Å². The summed E-state index contributed by atoms with van der Waals surface area (Å²) < 4.78 is 29.5. The Balaban J connectivity index is 1.43. The second-order valence-electron chi connectivity index (χ2n) is 6.39. The van der Waals surface area contributed by atoms with Crippen LogP contribution in [0.15, 0.2) is 66.1 Å². The monoisotopic (exact) mass is 369 g/mol. The molecule has 7 nitrogen and oxygen atoms in total. The molecule has 0 aliphatic carbocycles. The standard InChI is InChI=1S/C18H19N5O2S/c1-14-3-2-4-17(9-14)23-13-18(10-20-23)26(24,25)21-15-11-22(12-15)16-5-7-19-8-6-16/h2-10,13,15,21H,11-12H2,1H3. The summed E-state index contributed by atoms with van der Waals surface area (Å²) in [5, 5.41) is 4.19. The maximum atomic E-state index is 12.6. The first-order valence-electron chi connectivity index (χ1n) is 8.30. The molecule has 3 heterocycles. The van der Waals surface area contributed by atoms with E-state index in [0.717, 1.165) is 16.9 Å². The van der Waals surface area contributed by atoms with E-state index in [9.17, 15) is 8.42 Å². The zero-order chi connectivity index (χ0) is 18.1. The van der Waals surface area contributed by atoms with E-state index in [1.165, 1.54) is 12.4 Å². The molecule has 134 valence electrons. The maximum Gasteiger partial charge on any atom is 0.244 e. The second-order valence-corrected chi connectivity index (χ2v) is 8.10. The Labute approximate surface area is 152 Å². The minimum absolute atomic E-state index is 0.115. The van der Waals surface area contributed by atoms with Crippen molar-refractivity contribution in [2.75, 3.05) is 18.0 Å². The summed E-state index contributed by atoms with van der Waals surface area (Å²) in [4.78, 5) is 6.26. The van der Waals surface area contributed by atoms with E-state index in [4.69, 9.17) is 0 Å². The molecule has 26 heavy (non-hydrogen) atoms. The second kappa shape index (κ2) is 6.54. The Bertz CT molecular complexity index is 1010. The van der Waals surface area contributed by atoms with Crippen LogP contribution >= 0.6 is 0 Å². The molecule has 0 atom stereocenters. The summed E-state index contributed by atoms with van der Waals surface area (Å²) >= 11 is 0.